The second-order valence-electron chi connectivity index (χ2n) is 4.69. The zero-order valence-corrected chi connectivity index (χ0v) is 11.6. The fourth-order valence-corrected chi connectivity index (χ4v) is 2.95. The quantitative estimate of drug-likeness (QED) is 0.895. The lowest BCUT2D eigenvalue weighted by Crippen LogP contribution is -2.30. The molecule has 104 valence electrons. The number of thiazole rings is 1. The smallest absolute Gasteiger partial charge is 0.308 e. The highest BCUT2D eigenvalue weighted by molar-refractivity contribution is 7.09. The number of rotatable bonds is 4. The van der Waals surface area contributed by atoms with Gasteiger partial charge in [0.2, 0.25) is 0 Å². The largest absolute Gasteiger partial charge is 0.481 e. The number of hydrogen-bond donors (Lipinski definition) is 1. The number of carbonyl (C=O) groups excluding carboxylic acids is 1. The summed E-state index contributed by atoms with van der Waals surface area (Å²) in [5.41, 5.74) is 0.371. The van der Waals surface area contributed by atoms with Gasteiger partial charge >= 0.3 is 5.97 Å². The highest BCUT2D eigenvalue weighted by Gasteiger charge is 2.37. The van der Waals surface area contributed by atoms with Crippen LogP contribution in [0.5, 0.6) is 0 Å². The molecule has 1 amide bonds. The molecule has 2 rings (SSSR count). The fourth-order valence-electron chi connectivity index (χ4n) is 2.21. The molecule has 1 aliphatic rings. The molecule has 1 aliphatic heterocycles. The average molecular weight is 284 g/mol. The van der Waals surface area contributed by atoms with E-state index in [0.29, 0.717) is 18.8 Å². The first kappa shape index (κ1) is 14.0. The van der Waals surface area contributed by atoms with Gasteiger partial charge in [-0.05, 0) is 5.92 Å². The van der Waals surface area contributed by atoms with E-state index in [0.717, 1.165) is 5.01 Å². The molecule has 0 aliphatic carbocycles. The molecule has 0 aromatic carbocycles. The maximum atomic E-state index is 12.2. The van der Waals surface area contributed by atoms with Crippen LogP contribution in [0.1, 0.15) is 22.4 Å². The Labute approximate surface area is 115 Å². The lowest BCUT2D eigenvalue weighted by molar-refractivity contribution is -0.142. The first-order valence-electron chi connectivity index (χ1n) is 5.98. The Morgan fingerprint density at radius 3 is 2.89 bits per heavy atom. The molecule has 1 N–H and O–H groups in total. The third-order valence-corrected chi connectivity index (χ3v) is 4.08. The van der Waals surface area contributed by atoms with Crippen LogP contribution in [0.3, 0.4) is 0 Å². The Morgan fingerprint density at radius 1 is 1.58 bits per heavy atom. The van der Waals surface area contributed by atoms with Crippen LogP contribution >= 0.6 is 11.3 Å². The van der Waals surface area contributed by atoms with Gasteiger partial charge in [0.1, 0.15) is 10.7 Å². The molecule has 0 bridgehead atoms. The SMILES string of the molecule is COCc1nc(C(=O)N2C[C@@H](C)[C@H](C(=O)O)C2)cs1. The summed E-state index contributed by atoms with van der Waals surface area (Å²) in [6, 6.07) is 0. The number of aromatic nitrogens is 1. The van der Waals surface area contributed by atoms with Crippen LogP contribution < -0.4 is 0 Å². The van der Waals surface area contributed by atoms with Gasteiger partial charge in [0, 0.05) is 25.6 Å². The Balaban J connectivity index is 2.06. The van der Waals surface area contributed by atoms with Gasteiger partial charge in [0.15, 0.2) is 0 Å². The number of carbonyl (C=O) groups is 2. The van der Waals surface area contributed by atoms with E-state index in [-0.39, 0.29) is 18.4 Å². The predicted octanol–water partition coefficient (Wildman–Crippen LogP) is 1.08. The zero-order chi connectivity index (χ0) is 14.0. The van der Waals surface area contributed by atoms with Gasteiger partial charge in [-0.1, -0.05) is 6.92 Å². The molecule has 6 nitrogen and oxygen atoms in total. The van der Waals surface area contributed by atoms with Crippen molar-refractivity contribution in [2.45, 2.75) is 13.5 Å². The van der Waals surface area contributed by atoms with E-state index in [9.17, 15) is 9.59 Å². The molecular weight excluding hydrogens is 268 g/mol. The lowest BCUT2D eigenvalue weighted by Gasteiger charge is -2.13. The first-order valence-corrected chi connectivity index (χ1v) is 6.86. The average Bonchev–Trinajstić information content (AvgIpc) is 2.95. The molecule has 2 heterocycles. The van der Waals surface area contributed by atoms with Crippen molar-refractivity contribution in [2.24, 2.45) is 11.8 Å². The number of nitrogens with zero attached hydrogens (tertiary/aromatic N) is 2. The number of carboxylic acids is 1. The van der Waals surface area contributed by atoms with E-state index >= 15 is 0 Å². The minimum atomic E-state index is -0.846. The summed E-state index contributed by atoms with van der Waals surface area (Å²) in [7, 11) is 1.57. The number of aliphatic carboxylic acids is 1. The topological polar surface area (TPSA) is 79.7 Å². The summed E-state index contributed by atoms with van der Waals surface area (Å²) >= 11 is 1.37. The first-order chi connectivity index (χ1) is 9.02. The predicted molar refractivity (Wildman–Crippen MR) is 69.0 cm³/mol. The lowest BCUT2D eigenvalue weighted by atomic mass is 9.99. The van der Waals surface area contributed by atoms with Crippen molar-refractivity contribution in [1.29, 1.82) is 0 Å². The number of amides is 1. The van der Waals surface area contributed by atoms with E-state index in [1.54, 1.807) is 17.4 Å². The van der Waals surface area contributed by atoms with Crippen LogP contribution in [0.2, 0.25) is 0 Å². The summed E-state index contributed by atoms with van der Waals surface area (Å²) in [5.74, 6) is -1.56. The molecule has 0 spiro atoms. The molecule has 1 aromatic heterocycles. The van der Waals surface area contributed by atoms with E-state index in [1.807, 2.05) is 6.92 Å². The van der Waals surface area contributed by atoms with Gasteiger partial charge < -0.3 is 14.7 Å². The second-order valence-corrected chi connectivity index (χ2v) is 5.63. The standard InChI is InChI=1S/C12H16N2O4S/c1-7-3-14(4-8(7)12(16)17)11(15)9-6-19-10(13-9)5-18-2/h6-8H,3-5H2,1-2H3,(H,16,17)/t7-,8-/m1/s1. The number of methoxy groups -OCH3 is 1. The third kappa shape index (κ3) is 2.93. The van der Waals surface area contributed by atoms with Gasteiger partial charge in [-0.15, -0.1) is 11.3 Å². The fraction of sp³-hybridized carbons (Fsp3) is 0.583. The van der Waals surface area contributed by atoms with Gasteiger partial charge in [0.05, 0.1) is 12.5 Å². The van der Waals surface area contributed by atoms with E-state index in [4.69, 9.17) is 9.84 Å². The van der Waals surface area contributed by atoms with Crippen LogP contribution in [0.15, 0.2) is 5.38 Å². The highest BCUT2D eigenvalue weighted by atomic mass is 32.1. The molecule has 1 fully saturated rings. The van der Waals surface area contributed by atoms with Crippen molar-refractivity contribution in [3.8, 4) is 0 Å². The molecule has 19 heavy (non-hydrogen) atoms. The number of hydrogen-bond acceptors (Lipinski definition) is 5. The molecular formula is C12H16N2O4S. The zero-order valence-electron chi connectivity index (χ0n) is 10.8. The Bertz CT molecular complexity index is 488. The van der Waals surface area contributed by atoms with Gasteiger partial charge in [-0.3, -0.25) is 9.59 Å². The summed E-state index contributed by atoms with van der Waals surface area (Å²) in [6.45, 7) is 2.95. The maximum Gasteiger partial charge on any atom is 0.308 e. The van der Waals surface area contributed by atoms with Crippen molar-refractivity contribution in [3.63, 3.8) is 0 Å². The van der Waals surface area contributed by atoms with E-state index in [2.05, 4.69) is 4.98 Å². The van der Waals surface area contributed by atoms with Crippen molar-refractivity contribution < 1.29 is 19.4 Å². The number of carboxylic acid groups (broad SMARTS) is 1. The van der Waals surface area contributed by atoms with Crippen molar-refractivity contribution >= 4 is 23.2 Å². The minimum absolute atomic E-state index is 0.0291. The summed E-state index contributed by atoms with van der Waals surface area (Å²) < 4.78 is 4.96. The van der Waals surface area contributed by atoms with Crippen LogP contribution in [0.25, 0.3) is 0 Å². The van der Waals surface area contributed by atoms with Crippen molar-refractivity contribution in [1.82, 2.24) is 9.88 Å². The molecule has 1 aromatic rings. The minimum Gasteiger partial charge on any atom is -0.481 e. The molecule has 1 saturated heterocycles. The highest BCUT2D eigenvalue weighted by Crippen LogP contribution is 2.25. The molecule has 0 saturated carbocycles. The Kier molecular flexibility index (Phi) is 4.16. The molecule has 0 unspecified atom stereocenters. The summed E-state index contributed by atoms with van der Waals surface area (Å²) in [4.78, 5) is 29.0. The van der Waals surface area contributed by atoms with Gasteiger partial charge in [-0.2, -0.15) is 0 Å². The van der Waals surface area contributed by atoms with Crippen LogP contribution in [0.4, 0.5) is 0 Å². The van der Waals surface area contributed by atoms with Crippen LogP contribution in [0, 0.1) is 11.8 Å². The van der Waals surface area contributed by atoms with Gasteiger partial charge in [-0.25, -0.2) is 4.98 Å². The Hall–Kier alpha value is -1.47. The van der Waals surface area contributed by atoms with E-state index < -0.39 is 11.9 Å². The van der Waals surface area contributed by atoms with E-state index in [1.165, 1.54) is 11.3 Å². The van der Waals surface area contributed by atoms with Crippen molar-refractivity contribution in [3.05, 3.63) is 16.1 Å². The van der Waals surface area contributed by atoms with Crippen LogP contribution in [-0.2, 0) is 16.1 Å². The summed E-state index contributed by atoms with van der Waals surface area (Å²) in [6.07, 6.45) is 0. The second kappa shape index (κ2) is 5.66. The van der Waals surface area contributed by atoms with Crippen LogP contribution in [-0.4, -0.2) is 47.1 Å². The molecule has 0 radical (unpaired) electrons. The van der Waals surface area contributed by atoms with Crippen molar-refractivity contribution in [2.75, 3.05) is 20.2 Å². The monoisotopic (exact) mass is 284 g/mol. The Morgan fingerprint density at radius 2 is 2.32 bits per heavy atom. The maximum absolute atomic E-state index is 12.2. The molecule has 2 atom stereocenters. The number of likely N-dealkylation sites (tertiary alicyclic amines) is 1. The normalized spacial score (nSPS) is 22.7. The van der Waals surface area contributed by atoms with Gasteiger partial charge in [0.25, 0.3) is 5.91 Å². The number of ether oxygens (including phenoxy) is 1. The summed E-state index contributed by atoms with van der Waals surface area (Å²) in [5, 5.41) is 11.5. The molecule has 7 heteroatoms. The third-order valence-electron chi connectivity index (χ3n) is 3.26.